The summed E-state index contributed by atoms with van der Waals surface area (Å²) in [4.78, 5) is 13.4. The van der Waals surface area contributed by atoms with Crippen LogP contribution in [0.5, 0.6) is 0 Å². The van der Waals surface area contributed by atoms with Crippen LogP contribution in [0.3, 0.4) is 0 Å². The number of ether oxygens (including phenoxy) is 1. The third-order valence-electron chi connectivity index (χ3n) is 13.3. The van der Waals surface area contributed by atoms with Gasteiger partial charge in [0, 0.05) is 11.8 Å². The molecule has 0 spiro atoms. The number of allylic oxidation sites excluding steroid dienone is 2. The minimum absolute atomic E-state index is 0.00216. The molecule has 0 unspecified atom stereocenters. The summed E-state index contributed by atoms with van der Waals surface area (Å²) < 4.78 is 5.47. The lowest BCUT2D eigenvalue weighted by Gasteiger charge is -2.71. The SMILES string of the molecule is COC(=O)[C@]12CCC(C)(C)C[C@H]1C1=CC[C@@H]3[C@@]4(C)[C@@H](O)C[C@H](O)C(C)(C)[C@@H]4CC[C@@]3(C)[C@]1(C)CC2. The van der Waals surface area contributed by atoms with Gasteiger partial charge >= 0.3 is 5.97 Å². The van der Waals surface area contributed by atoms with E-state index in [1.54, 1.807) is 7.11 Å². The molecule has 5 aliphatic rings. The molecule has 4 heteroatoms. The van der Waals surface area contributed by atoms with Crippen molar-refractivity contribution in [3.63, 3.8) is 0 Å². The Bertz CT molecular complexity index is 934. The second-order valence-corrected chi connectivity index (χ2v) is 15.3. The smallest absolute Gasteiger partial charge is 0.312 e. The van der Waals surface area contributed by atoms with E-state index in [-0.39, 0.29) is 44.4 Å². The predicted octanol–water partition coefficient (Wildman–Crippen LogP) is 6.29. The predicted molar refractivity (Wildman–Crippen MR) is 138 cm³/mol. The van der Waals surface area contributed by atoms with E-state index < -0.39 is 12.2 Å². The zero-order valence-corrected chi connectivity index (χ0v) is 23.5. The van der Waals surface area contributed by atoms with Gasteiger partial charge in [-0.25, -0.2) is 0 Å². The molecule has 35 heavy (non-hydrogen) atoms. The highest BCUT2D eigenvalue weighted by Gasteiger charge is 2.70. The van der Waals surface area contributed by atoms with E-state index in [0.29, 0.717) is 18.3 Å². The van der Waals surface area contributed by atoms with Gasteiger partial charge in [-0.1, -0.05) is 60.1 Å². The zero-order valence-electron chi connectivity index (χ0n) is 23.5. The molecule has 4 nitrogen and oxygen atoms in total. The maximum Gasteiger partial charge on any atom is 0.312 e. The maximum atomic E-state index is 13.4. The van der Waals surface area contributed by atoms with Gasteiger partial charge in [0.15, 0.2) is 0 Å². The number of aliphatic hydroxyl groups is 2. The van der Waals surface area contributed by atoms with E-state index in [1.165, 1.54) is 5.57 Å². The summed E-state index contributed by atoms with van der Waals surface area (Å²) in [5, 5.41) is 22.5. The van der Waals surface area contributed by atoms with Gasteiger partial charge in [0.25, 0.3) is 0 Å². The lowest BCUT2D eigenvalue weighted by Crippen LogP contribution is -2.68. The Labute approximate surface area is 213 Å². The second-order valence-electron chi connectivity index (χ2n) is 15.3. The second kappa shape index (κ2) is 7.59. The van der Waals surface area contributed by atoms with Crippen LogP contribution in [0.1, 0.15) is 106 Å². The first-order chi connectivity index (χ1) is 16.1. The first-order valence-electron chi connectivity index (χ1n) is 14.3. The van der Waals surface area contributed by atoms with Gasteiger partial charge in [0.1, 0.15) is 0 Å². The van der Waals surface area contributed by atoms with Gasteiger partial charge in [-0.3, -0.25) is 4.79 Å². The number of esters is 1. The molecule has 4 saturated carbocycles. The van der Waals surface area contributed by atoms with E-state index in [1.807, 2.05) is 0 Å². The van der Waals surface area contributed by atoms with E-state index in [0.717, 1.165) is 51.4 Å². The molecule has 0 bridgehead atoms. The fourth-order valence-electron chi connectivity index (χ4n) is 10.7. The minimum Gasteiger partial charge on any atom is -0.469 e. The molecule has 5 aliphatic carbocycles. The van der Waals surface area contributed by atoms with Crippen LogP contribution in [0.15, 0.2) is 11.6 Å². The lowest BCUT2D eigenvalue weighted by atomic mass is 9.33. The van der Waals surface area contributed by atoms with Gasteiger partial charge < -0.3 is 14.9 Å². The van der Waals surface area contributed by atoms with Gasteiger partial charge in [-0.05, 0) is 90.8 Å². The van der Waals surface area contributed by atoms with Crippen LogP contribution in [0.2, 0.25) is 0 Å². The molecule has 5 rings (SSSR count). The Morgan fingerprint density at radius 3 is 2.23 bits per heavy atom. The Kier molecular flexibility index (Phi) is 5.59. The largest absolute Gasteiger partial charge is 0.469 e. The fraction of sp³-hybridized carbons (Fsp3) is 0.903. The summed E-state index contributed by atoms with van der Waals surface area (Å²) in [5.74, 6) is 0.917. The average molecular weight is 487 g/mol. The molecular formula is C31H50O4. The van der Waals surface area contributed by atoms with E-state index in [4.69, 9.17) is 4.74 Å². The molecule has 2 N–H and O–H groups in total. The third kappa shape index (κ3) is 3.08. The van der Waals surface area contributed by atoms with Crippen LogP contribution in [-0.4, -0.2) is 35.5 Å². The summed E-state index contributed by atoms with van der Waals surface area (Å²) in [7, 11) is 1.57. The molecular weight excluding hydrogens is 436 g/mol. The summed E-state index contributed by atoms with van der Waals surface area (Å²) in [6.07, 6.45) is 10.2. The van der Waals surface area contributed by atoms with Crippen molar-refractivity contribution in [3.05, 3.63) is 11.6 Å². The summed E-state index contributed by atoms with van der Waals surface area (Å²) in [6, 6.07) is 0. The number of carbonyl (C=O) groups excluding carboxylic acids is 1. The molecule has 4 fully saturated rings. The number of methoxy groups -OCH3 is 1. The average Bonchev–Trinajstić information content (AvgIpc) is 2.77. The fourth-order valence-corrected chi connectivity index (χ4v) is 10.7. The molecule has 0 saturated heterocycles. The molecule has 9 atom stereocenters. The normalized spacial score (nSPS) is 52.2. The molecule has 0 amide bonds. The monoisotopic (exact) mass is 486 g/mol. The Hall–Kier alpha value is -0.870. The Morgan fingerprint density at radius 1 is 0.914 bits per heavy atom. The molecule has 0 aliphatic heterocycles. The molecule has 0 aromatic carbocycles. The topological polar surface area (TPSA) is 66.8 Å². The van der Waals surface area contributed by atoms with Crippen LogP contribution in [0.4, 0.5) is 0 Å². The Balaban J connectivity index is 1.62. The Morgan fingerprint density at radius 2 is 1.57 bits per heavy atom. The zero-order chi connectivity index (χ0) is 25.8. The van der Waals surface area contributed by atoms with E-state index in [2.05, 4.69) is 54.5 Å². The van der Waals surface area contributed by atoms with Crippen LogP contribution in [0, 0.1) is 50.2 Å². The number of fused-ring (bicyclic) bond motifs is 7. The van der Waals surface area contributed by atoms with Gasteiger partial charge in [0.05, 0.1) is 24.7 Å². The molecule has 0 heterocycles. The van der Waals surface area contributed by atoms with Gasteiger partial charge in [-0.15, -0.1) is 0 Å². The highest BCUT2D eigenvalue weighted by Crippen LogP contribution is 2.75. The summed E-state index contributed by atoms with van der Waals surface area (Å²) in [5.41, 5.74) is 1.03. The molecule has 0 aromatic heterocycles. The number of carbonyl (C=O) groups is 1. The highest BCUT2D eigenvalue weighted by molar-refractivity contribution is 5.78. The van der Waals surface area contributed by atoms with Crippen LogP contribution < -0.4 is 0 Å². The quantitative estimate of drug-likeness (QED) is 0.337. The number of hydrogen-bond acceptors (Lipinski definition) is 4. The van der Waals surface area contributed by atoms with Crippen molar-refractivity contribution in [2.75, 3.05) is 7.11 Å². The number of aliphatic hydroxyl groups excluding tert-OH is 2. The first-order valence-corrected chi connectivity index (χ1v) is 14.3. The van der Waals surface area contributed by atoms with Gasteiger partial charge in [0.2, 0.25) is 0 Å². The van der Waals surface area contributed by atoms with Crippen molar-refractivity contribution in [1.82, 2.24) is 0 Å². The van der Waals surface area contributed by atoms with Crippen LogP contribution in [-0.2, 0) is 9.53 Å². The van der Waals surface area contributed by atoms with Crippen LogP contribution in [0.25, 0.3) is 0 Å². The number of hydrogen-bond donors (Lipinski definition) is 2. The molecule has 0 aromatic rings. The first kappa shape index (κ1) is 25.8. The summed E-state index contributed by atoms with van der Waals surface area (Å²) in [6.45, 7) is 16.5. The van der Waals surface area contributed by atoms with Crippen molar-refractivity contribution in [3.8, 4) is 0 Å². The van der Waals surface area contributed by atoms with Crippen molar-refractivity contribution >= 4 is 5.97 Å². The van der Waals surface area contributed by atoms with Crippen molar-refractivity contribution < 1.29 is 19.7 Å². The molecule has 198 valence electrons. The maximum absolute atomic E-state index is 13.4. The van der Waals surface area contributed by atoms with Crippen molar-refractivity contribution in [2.24, 2.45) is 50.2 Å². The molecule has 0 radical (unpaired) electrons. The number of rotatable bonds is 1. The third-order valence-corrected chi connectivity index (χ3v) is 13.3. The standard InChI is InChI=1S/C31H50O4/c1-26(2)13-15-31(25(34)35-8)16-14-28(5)19(20(31)18-26)9-10-22-29(28,6)12-11-21-27(3,4)23(32)17-24(33)30(21,22)7/h9,20-24,32-33H,10-18H2,1-8H3/t20-,21-,22-,23-,24-,28+,29+,30-,31-/m0/s1. The van der Waals surface area contributed by atoms with E-state index >= 15 is 0 Å². The van der Waals surface area contributed by atoms with Crippen molar-refractivity contribution in [1.29, 1.82) is 0 Å². The van der Waals surface area contributed by atoms with Gasteiger partial charge in [-0.2, -0.15) is 0 Å². The summed E-state index contributed by atoms with van der Waals surface area (Å²) >= 11 is 0. The van der Waals surface area contributed by atoms with Crippen LogP contribution >= 0.6 is 0 Å². The van der Waals surface area contributed by atoms with E-state index in [9.17, 15) is 15.0 Å². The highest BCUT2D eigenvalue weighted by atomic mass is 16.5. The van der Waals surface area contributed by atoms with Crippen molar-refractivity contribution in [2.45, 2.75) is 118 Å². The minimum atomic E-state index is -0.481. The lowest BCUT2D eigenvalue weighted by molar-refractivity contribution is -0.243.